The number of carbonyl (C=O) groups excluding carboxylic acids is 1. The number of halogens is 1. The quantitative estimate of drug-likeness (QED) is 0.591. The lowest BCUT2D eigenvalue weighted by molar-refractivity contribution is 0.101. The second-order valence-electron chi connectivity index (χ2n) is 6.81. The van der Waals surface area contributed by atoms with Crippen LogP contribution in [-0.2, 0) is 7.05 Å². The van der Waals surface area contributed by atoms with Gasteiger partial charge in [-0.2, -0.15) is 19.7 Å². The van der Waals surface area contributed by atoms with Crippen LogP contribution in [0.15, 0.2) is 42.7 Å². The Morgan fingerprint density at radius 2 is 2.00 bits per heavy atom. The normalized spacial score (nSPS) is 13.8. The van der Waals surface area contributed by atoms with Gasteiger partial charge in [0.1, 0.15) is 23.7 Å². The zero-order valence-corrected chi connectivity index (χ0v) is 15.0. The Kier molecular flexibility index (Phi) is 3.68. The highest BCUT2D eigenvalue weighted by Gasteiger charge is 2.27. The monoisotopic (exact) mass is 377 g/mol. The van der Waals surface area contributed by atoms with Crippen LogP contribution in [0.1, 0.15) is 34.9 Å². The number of hydrogen-bond donors (Lipinski definition) is 1. The average molecular weight is 377 g/mol. The van der Waals surface area contributed by atoms with E-state index >= 15 is 0 Å². The standard InChI is InChI=1S/C19H16FN7O/c1-26-17(9-15(25-26)12-2-3-12)24-18(28)16-8-14(11-4-6-13(20)7-5-11)23-19-21-10-22-27(16)19/h4-10,12H,2-3H2,1H3,(H,24,28). The fourth-order valence-corrected chi connectivity index (χ4v) is 3.11. The van der Waals surface area contributed by atoms with Crippen molar-refractivity contribution < 1.29 is 9.18 Å². The summed E-state index contributed by atoms with van der Waals surface area (Å²) in [6.07, 6.45) is 3.60. The number of anilines is 1. The molecule has 1 fully saturated rings. The summed E-state index contributed by atoms with van der Waals surface area (Å²) in [5, 5.41) is 11.4. The van der Waals surface area contributed by atoms with Crippen LogP contribution in [0.4, 0.5) is 10.2 Å². The molecule has 1 amide bonds. The molecule has 0 unspecified atom stereocenters. The molecule has 140 valence electrons. The van der Waals surface area contributed by atoms with E-state index in [1.807, 2.05) is 6.07 Å². The molecule has 0 spiro atoms. The van der Waals surface area contributed by atoms with E-state index in [0.29, 0.717) is 23.0 Å². The van der Waals surface area contributed by atoms with E-state index in [0.717, 1.165) is 18.5 Å². The van der Waals surface area contributed by atoms with Crippen molar-refractivity contribution in [2.45, 2.75) is 18.8 Å². The molecule has 4 aromatic rings. The number of nitrogens with one attached hydrogen (secondary N) is 1. The van der Waals surface area contributed by atoms with Gasteiger partial charge >= 0.3 is 0 Å². The van der Waals surface area contributed by atoms with Crippen molar-refractivity contribution in [3.63, 3.8) is 0 Å². The van der Waals surface area contributed by atoms with Crippen LogP contribution >= 0.6 is 0 Å². The molecule has 1 aromatic carbocycles. The number of aryl methyl sites for hydroxylation is 1. The summed E-state index contributed by atoms with van der Waals surface area (Å²) >= 11 is 0. The molecular weight excluding hydrogens is 361 g/mol. The van der Waals surface area contributed by atoms with Gasteiger partial charge in [0.05, 0.1) is 11.4 Å². The molecule has 5 rings (SSSR count). The topological polar surface area (TPSA) is 90.0 Å². The molecule has 1 N–H and O–H groups in total. The number of hydrogen-bond acceptors (Lipinski definition) is 5. The number of nitrogens with zero attached hydrogens (tertiary/aromatic N) is 6. The predicted molar refractivity (Wildman–Crippen MR) is 99.3 cm³/mol. The highest BCUT2D eigenvalue weighted by Crippen LogP contribution is 2.39. The highest BCUT2D eigenvalue weighted by molar-refractivity contribution is 6.03. The Balaban J connectivity index is 1.53. The van der Waals surface area contributed by atoms with Gasteiger partial charge in [-0.3, -0.25) is 9.48 Å². The first-order valence-corrected chi connectivity index (χ1v) is 8.90. The van der Waals surface area contributed by atoms with Crippen molar-refractivity contribution in [2.24, 2.45) is 7.05 Å². The minimum Gasteiger partial charge on any atom is -0.305 e. The van der Waals surface area contributed by atoms with Crippen LogP contribution in [0.2, 0.25) is 0 Å². The van der Waals surface area contributed by atoms with E-state index in [9.17, 15) is 9.18 Å². The highest BCUT2D eigenvalue weighted by atomic mass is 19.1. The Bertz CT molecular complexity index is 1190. The first-order chi connectivity index (χ1) is 13.6. The summed E-state index contributed by atoms with van der Waals surface area (Å²) in [6.45, 7) is 0. The summed E-state index contributed by atoms with van der Waals surface area (Å²) < 4.78 is 16.3. The molecule has 8 nitrogen and oxygen atoms in total. The summed E-state index contributed by atoms with van der Waals surface area (Å²) in [5.41, 5.74) is 2.45. The van der Waals surface area contributed by atoms with E-state index < -0.39 is 0 Å². The largest absolute Gasteiger partial charge is 0.305 e. The molecule has 28 heavy (non-hydrogen) atoms. The van der Waals surface area contributed by atoms with Crippen molar-refractivity contribution in [1.82, 2.24) is 29.4 Å². The third-order valence-electron chi connectivity index (χ3n) is 4.76. The van der Waals surface area contributed by atoms with Gasteiger partial charge in [0, 0.05) is 24.6 Å². The van der Waals surface area contributed by atoms with Gasteiger partial charge < -0.3 is 5.32 Å². The van der Waals surface area contributed by atoms with E-state index in [1.54, 1.807) is 29.9 Å². The second kappa shape index (κ2) is 6.22. The number of aromatic nitrogens is 6. The number of fused-ring (bicyclic) bond motifs is 1. The summed E-state index contributed by atoms with van der Waals surface area (Å²) in [7, 11) is 1.79. The predicted octanol–water partition coefficient (Wildman–Crippen LogP) is 2.79. The summed E-state index contributed by atoms with van der Waals surface area (Å²) in [5.74, 6) is 0.695. The van der Waals surface area contributed by atoms with Crippen LogP contribution < -0.4 is 5.32 Å². The van der Waals surface area contributed by atoms with Gasteiger partial charge in [0.25, 0.3) is 11.7 Å². The summed E-state index contributed by atoms with van der Waals surface area (Å²) in [4.78, 5) is 21.5. The average Bonchev–Trinajstić information content (AvgIpc) is 3.32. The molecule has 1 saturated carbocycles. The molecule has 3 aromatic heterocycles. The summed E-state index contributed by atoms with van der Waals surface area (Å²) in [6, 6.07) is 9.42. The first-order valence-electron chi connectivity index (χ1n) is 8.90. The molecule has 0 bridgehead atoms. The van der Waals surface area contributed by atoms with Gasteiger partial charge in [0.2, 0.25) is 0 Å². The number of carbonyl (C=O) groups is 1. The van der Waals surface area contributed by atoms with Crippen molar-refractivity contribution in [1.29, 1.82) is 0 Å². The van der Waals surface area contributed by atoms with Gasteiger partial charge in [0.15, 0.2) is 0 Å². The Morgan fingerprint density at radius 1 is 1.21 bits per heavy atom. The van der Waals surface area contributed by atoms with Crippen LogP contribution in [0, 0.1) is 5.82 Å². The van der Waals surface area contributed by atoms with E-state index in [4.69, 9.17) is 0 Å². The maximum atomic E-state index is 13.2. The van der Waals surface area contributed by atoms with Crippen LogP contribution in [0.5, 0.6) is 0 Å². The second-order valence-corrected chi connectivity index (χ2v) is 6.81. The van der Waals surface area contributed by atoms with Crippen LogP contribution in [0.25, 0.3) is 17.0 Å². The Hall–Kier alpha value is -3.62. The van der Waals surface area contributed by atoms with Crippen LogP contribution in [-0.4, -0.2) is 35.3 Å². The molecule has 9 heteroatoms. The van der Waals surface area contributed by atoms with Crippen LogP contribution in [0.3, 0.4) is 0 Å². The third-order valence-corrected chi connectivity index (χ3v) is 4.76. The fourth-order valence-electron chi connectivity index (χ4n) is 3.11. The third kappa shape index (κ3) is 2.90. The lowest BCUT2D eigenvalue weighted by Gasteiger charge is -2.08. The van der Waals surface area contributed by atoms with Gasteiger partial charge in [-0.25, -0.2) is 9.37 Å². The molecule has 3 heterocycles. The molecule has 0 aliphatic heterocycles. The minimum absolute atomic E-state index is 0.274. The number of benzene rings is 1. The maximum Gasteiger partial charge on any atom is 0.275 e. The lowest BCUT2D eigenvalue weighted by Crippen LogP contribution is -2.19. The number of amides is 1. The molecular formula is C19H16FN7O. The van der Waals surface area contributed by atoms with E-state index in [1.165, 1.54) is 23.0 Å². The molecule has 0 saturated heterocycles. The first kappa shape index (κ1) is 16.5. The molecule has 0 radical (unpaired) electrons. The molecule has 1 aliphatic carbocycles. The smallest absolute Gasteiger partial charge is 0.275 e. The van der Waals surface area contributed by atoms with Crippen molar-refractivity contribution in [2.75, 3.05) is 5.32 Å². The SMILES string of the molecule is Cn1nc(C2CC2)cc1NC(=O)c1cc(-c2ccc(F)cc2)nc2ncnn12. The minimum atomic E-state index is -0.355. The van der Waals surface area contributed by atoms with E-state index in [2.05, 4.69) is 25.5 Å². The zero-order valence-electron chi connectivity index (χ0n) is 15.0. The molecule has 0 atom stereocenters. The van der Waals surface area contributed by atoms with Gasteiger partial charge in [-0.1, -0.05) is 0 Å². The lowest BCUT2D eigenvalue weighted by atomic mass is 10.1. The number of rotatable bonds is 4. The zero-order chi connectivity index (χ0) is 19.3. The van der Waals surface area contributed by atoms with Gasteiger partial charge in [-0.05, 0) is 43.2 Å². The van der Waals surface area contributed by atoms with Crippen molar-refractivity contribution in [3.05, 3.63) is 59.9 Å². The van der Waals surface area contributed by atoms with Crippen molar-refractivity contribution >= 4 is 17.5 Å². The maximum absolute atomic E-state index is 13.2. The van der Waals surface area contributed by atoms with Crippen molar-refractivity contribution in [3.8, 4) is 11.3 Å². The van der Waals surface area contributed by atoms with E-state index in [-0.39, 0.29) is 23.2 Å². The van der Waals surface area contributed by atoms with Gasteiger partial charge in [-0.15, -0.1) is 0 Å². The fraction of sp³-hybridized carbons (Fsp3) is 0.211. The molecule has 1 aliphatic rings. The Morgan fingerprint density at radius 3 is 2.75 bits per heavy atom. The Labute approximate surface area is 159 Å².